The number of rotatable bonds is 7. The smallest absolute Gasteiger partial charge is 0.0995 e. The van der Waals surface area contributed by atoms with Crippen LogP contribution in [-0.2, 0) is 6.54 Å². The number of aliphatic hydroxyl groups is 1. The Morgan fingerprint density at radius 1 is 1.20 bits per heavy atom. The molecule has 0 spiro atoms. The van der Waals surface area contributed by atoms with E-state index in [-0.39, 0.29) is 6.61 Å². The summed E-state index contributed by atoms with van der Waals surface area (Å²) in [4.78, 5) is 2.51. The maximum atomic E-state index is 9.21. The summed E-state index contributed by atoms with van der Waals surface area (Å²) in [6.45, 7) is 2.15. The summed E-state index contributed by atoms with van der Waals surface area (Å²) < 4.78 is 0. The van der Waals surface area contributed by atoms with Crippen LogP contribution in [-0.4, -0.2) is 29.2 Å². The van der Waals surface area contributed by atoms with Crippen LogP contribution in [0.25, 0.3) is 0 Å². The van der Waals surface area contributed by atoms with Gasteiger partial charge in [0.25, 0.3) is 0 Å². The predicted octanol–water partition coefficient (Wildman–Crippen LogP) is 3.08. The Balaban J connectivity index is 2.04. The lowest BCUT2D eigenvalue weighted by atomic mass is 10.1. The maximum absolute atomic E-state index is 9.21. The molecule has 0 saturated heterocycles. The van der Waals surface area contributed by atoms with Crippen molar-refractivity contribution >= 4 is 0 Å². The zero-order valence-electron chi connectivity index (χ0n) is 12.1. The molecule has 3 nitrogen and oxygen atoms in total. The molecule has 0 aromatic heterocycles. The SMILES string of the molecule is N#Cc1ccccc1CN(CCCCO)C1CCCC1. The second-order valence-electron chi connectivity index (χ2n) is 5.61. The summed E-state index contributed by atoms with van der Waals surface area (Å²) in [5, 5.41) is 18.2. The molecule has 108 valence electrons. The standard InChI is InChI=1S/C17H24N2O/c18-13-15-7-1-2-8-16(15)14-19(11-5-6-12-20)17-9-3-4-10-17/h1-2,7-8,17,20H,3-6,9-12,14H2. The number of aliphatic hydroxyl groups excluding tert-OH is 1. The van der Waals surface area contributed by atoms with E-state index < -0.39 is 0 Å². The quantitative estimate of drug-likeness (QED) is 0.776. The van der Waals surface area contributed by atoms with Gasteiger partial charge in [-0.3, -0.25) is 4.90 Å². The van der Waals surface area contributed by atoms with Crippen molar-refractivity contribution in [3.8, 4) is 6.07 Å². The van der Waals surface area contributed by atoms with Crippen LogP contribution in [0.4, 0.5) is 0 Å². The molecule has 20 heavy (non-hydrogen) atoms. The molecule has 1 aromatic rings. The van der Waals surface area contributed by atoms with Crippen molar-refractivity contribution < 1.29 is 5.11 Å². The van der Waals surface area contributed by atoms with Crippen molar-refractivity contribution in [1.29, 1.82) is 5.26 Å². The number of hydrogen-bond donors (Lipinski definition) is 1. The van der Waals surface area contributed by atoms with Crippen molar-refractivity contribution in [1.82, 2.24) is 4.90 Å². The van der Waals surface area contributed by atoms with E-state index in [9.17, 15) is 5.26 Å². The van der Waals surface area contributed by atoms with Gasteiger partial charge < -0.3 is 5.11 Å². The summed E-state index contributed by atoms with van der Waals surface area (Å²) in [5.41, 5.74) is 1.92. The average Bonchev–Trinajstić information content (AvgIpc) is 3.01. The van der Waals surface area contributed by atoms with E-state index >= 15 is 0 Å². The predicted molar refractivity (Wildman–Crippen MR) is 80.1 cm³/mol. The van der Waals surface area contributed by atoms with Gasteiger partial charge in [-0.1, -0.05) is 31.0 Å². The number of nitriles is 1. The monoisotopic (exact) mass is 272 g/mol. The van der Waals surface area contributed by atoms with Crippen LogP contribution in [0.5, 0.6) is 0 Å². The molecule has 0 unspecified atom stereocenters. The highest BCUT2D eigenvalue weighted by Crippen LogP contribution is 2.26. The molecule has 2 rings (SSSR count). The summed E-state index contributed by atoms with van der Waals surface area (Å²) in [6, 6.07) is 10.8. The Labute approximate surface area is 121 Å². The van der Waals surface area contributed by atoms with Gasteiger partial charge in [-0.25, -0.2) is 0 Å². The molecule has 0 radical (unpaired) electrons. The van der Waals surface area contributed by atoms with Crippen molar-refractivity contribution in [3.05, 3.63) is 35.4 Å². The van der Waals surface area contributed by atoms with Gasteiger partial charge in [0.2, 0.25) is 0 Å². The van der Waals surface area contributed by atoms with Gasteiger partial charge in [-0.2, -0.15) is 5.26 Å². The van der Waals surface area contributed by atoms with E-state index in [1.165, 1.54) is 25.7 Å². The highest BCUT2D eigenvalue weighted by molar-refractivity contribution is 5.37. The van der Waals surface area contributed by atoms with Crippen LogP contribution >= 0.6 is 0 Å². The molecule has 1 aliphatic rings. The third kappa shape index (κ3) is 4.06. The topological polar surface area (TPSA) is 47.3 Å². The number of benzene rings is 1. The summed E-state index contributed by atoms with van der Waals surface area (Å²) in [7, 11) is 0. The van der Waals surface area contributed by atoms with Crippen LogP contribution in [0.15, 0.2) is 24.3 Å². The third-order valence-corrected chi connectivity index (χ3v) is 4.21. The Morgan fingerprint density at radius 2 is 1.95 bits per heavy atom. The normalized spacial score (nSPS) is 15.7. The Hall–Kier alpha value is -1.37. The van der Waals surface area contributed by atoms with Crippen LogP contribution in [0.1, 0.15) is 49.7 Å². The van der Waals surface area contributed by atoms with Crippen LogP contribution < -0.4 is 0 Å². The summed E-state index contributed by atoms with van der Waals surface area (Å²) in [5.74, 6) is 0. The molecule has 0 amide bonds. The van der Waals surface area contributed by atoms with Gasteiger partial charge in [-0.05, 0) is 43.9 Å². The maximum Gasteiger partial charge on any atom is 0.0995 e. The second-order valence-corrected chi connectivity index (χ2v) is 5.61. The van der Waals surface area contributed by atoms with Crippen molar-refractivity contribution in [2.45, 2.75) is 51.1 Å². The number of unbranched alkanes of at least 4 members (excludes halogenated alkanes) is 1. The molecule has 0 atom stereocenters. The van der Waals surface area contributed by atoms with E-state index in [1.54, 1.807) is 0 Å². The van der Waals surface area contributed by atoms with Crippen LogP contribution in [0.2, 0.25) is 0 Å². The average molecular weight is 272 g/mol. The van der Waals surface area contributed by atoms with Gasteiger partial charge in [0, 0.05) is 19.2 Å². The molecule has 3 heteroatoms. The Kier molecular flexibility index (Phi) is 6.04. The molecule has 0 heterocycles. The third-order valence-electron chi connectivity index (χ3n) is 4.21. The first-order valence-electron chi connectivity index (χ1n) is 7.68. The first kappa shape index (κ1) is 15.0. The zero-order chi connectivity index (χ0) is 14.2. The van der Waals surface area contributed by atoms with Crippen molar-refractivity contribution in [3.63, 3.8) is 0 Å². The fourth-order valence-corrected chi connectivity index (χ4v) is 3.07. The van der Waals surface area contributed by atoms with Crippen LogP contribution in [0.3, 0.4) is 0 Å². The second kappa shape index (κ2) is 8.04. The van der Waals surface area contributed by atoms with Gasteiger partial charge in [0.1, 0.15) is 0 Å². The van der Waals surface area contributed by atoms with Gasteiger partial charge in [-0.15, -0.1) is 0 Å². The minimum atomic E-state index is 0.271. The molecule has 1 fully saturated rings. The first-order valence-corrected chi connectivity index (χ1v) is 7.68. The van der Waals surface area contributed by atoms with Crippen molar-refractivity contribution in [2.75, 3.05) is 13.2 Å². The Bertz CT molecular complexity index is 447. The molecule has 1 saturated carbocycles. The molecular weight excluding hydrogens is 248 g/mol. The molecular formula is C17H24N2O. The van der Waals surface area contributed by atoms with Crippen molar-refractivity contribution in [2.24, 2.45) is 0 Å². The molecule has 0 bridgehead atoms. The zero-order valence-corrected chi connectivity index (χ0v) is 12.1. The highest BCUT2D eigenvalue weighted by Gasteiger charge is 2.22. The van der Waals surface area contributed by atoms with Gasteiger partial charge in [0.15, 0.2) is 0 Å². The first-order chi connectivity index (χ1) is 9.85. The van der Waals surface area contributed by atoms with E-state index in [0.29, 0.717) is 6.04 Å². The van der Waals surface area contributed by atoms with Gasteiger partial charge in [0.05, 0.1) is 11.6 Å². The molecule has 1 aromatic carbocycles. The largest absolute Gasteiger partial charge is 0.396 e. The fraction of sp³-hybridized carbons (Fsp3) is 0.588. The number of nitrogens with zero attached hydrogens (tertiary/aromatic N) is 2. The Morgan fingerprint density at radius 3 is 2.65 bits per heavy atom. The van der Waals surface area contributed by atoms with E-state index in [1.807, 2.05) is 18.2 Å². The minimum absolute atomic E-state index is 0.271. The lowest BCUT2D eigenvalue weighted by molar-refractivity contribution is 0.178. The highest BCUT2D eigenvalue weighted by atomic mass is 16.2. The molecule has 0 aliphatic heterocycles. The molecule has 1 N–H and O–H groups in total. The van der Waals surface area contributed by atoms with E-state index in [4.69, 9.17) is 5.11 Å². The lowest BCUT2D eigenvalue weighted by Crippen LogP contribution is -2.34. The van der Waals surface area contributed by atoms with E-state index in [2.05, 4.69) is 17.0 Å². The minimum Gasteiger partial charge on any atom is -0.396 e. The number of hydrogen-bond acceptors (Lipinski definition) is 3. The van der Waals surface area contributed by atoms with Crippen LogP contribution in [0, 0.1) is 11.3 Å². The fourth-order valence-electron chi connectivity index (χ4n) is 3.07. The summed E-state index contributed by atoms with van der Waals surface area (Å²) in [6.07, 6.45) is 7.08. The lowest BCUT2D eigenvalue weighted by Gasteiger charge is -2.29. The van der Waals surface area contributed by atoms with E-state index in [0.717, 1.165) is 37.1 Å². The summed E-state index contributed by atoms with van der Waals surface area (Å²) >= 11 is 0. The van der Waals surface area contributed by atoms with Gasteiger partial charge >= 0.3 is 0 Å². The molecule has 1 aliphatic carbocycles.